The summed E-state index contributed by atoms with van der Waals surface area (Å²) in [5.41, 5.74) is 0.551. The lowest BCUT2D eigenvalue weighted by molar-refractivity contribution is 0.180. The number of ether oxygens (including phenoxy) is 1. The van der Waals surface area contributed by atoms with Crippen molar-refractivity contribution < 1.29 is 4.74 Å². The zero-order valence-corrected chi connectivity index (χ0v) is 10.3. The van der Waals surface area contributed by atoms with Crippen LogP contribution >= 0.6 is 27.3 Å². The van der Waals surface area contributed by atoms with Gasteiger partial charge in [-0.05, 0) is 15.9 Å². The first-order valence-electron chi connectivity index (χ1n) is 4.12. The highest BCUT2D eigenvalue weighted by Crippen LogP contribution is 2.14. The third-order valence-electron chi connectivity index (χ3n) is 1.80. The molecule has 0 aliphatic carbocycles. The zero-order chi connectivity index (χ0) is 10.8. The number of thiazole rings is 1. The molecule has 0 saturated heterocycles. The first-order chi connectivity index (χ1) is 7.24. The van der Waals surface area contributed by atoms with Gasteiger partial charge in [0.2, 0.25) is 5.13 Å². The third kappa shape index (κ3) is 1.90. The van der Waals surface area contributed by atoms with Crippen LogP contribution in [-0.2, 0) is 11.3 Å². The van der Waals surface area contributed by atoms with Crippen LogP contribution in [0.2, 0.25) is 0 Å². The first kappa shape index (κ1) is 10.6. The number of H-pyrrole nitrogens is 1. The Bertz CT molecular complexity index is 502. The number of aromatic nitrogens is 3. The van der Waals surface area contributed by atoms with Crippen molar-refractivity contribution >= 4 is 27.3 Å². The van der Waals surface area contributed by atoms with Gasteiger partial charge in [-0.2, -0.15) is 4.68 Å². The molecule has 0 spiro atoms. The van der Waals surface area contributed by atoms with Gasteiger partial charge in [-0.15, -0.1) is 11.3 Å². The summed E-state index contributed by atoms with van der Waals surface area (Å²) < 4.78 is 6.84. The van der Waals surface area contributed by atoms with E-state index in [1.807, 2.05) is 5.38 Å². The molecular formula is C8H8BrN3O2S. The van der Waals surface area contributed by atoms with Gasteiger partial charge in [-0.1, -0.05) is 0 Å². The lowest BCUT2D eigenvalue weighted by Gasteiger charge is -1.95. The Hall–Kier alpha value is -0.920. The molecule has 2 aromatic rings. The van der Waals surface area contributed by atoms with Crippen molar-refractivity contribution in [2.45, 2.75) is 6.61 Å². The molecule has 1 N–H and O–H groups in total. The lowest BCUT2D eigenvalue weighted by Crippen LogP contribution is -2.14. The third-order valence-corrected chi connectivity index (χ3v) is 3.38. The van der Waals surface area contributed by atoms with E-state index in [2.05, 4.69) is 26.0 Å². The summed E-state index contributed by atoms with van der Waals surface area (Å²) in [6.45, 7) is 0.355. The second-order valence-corrected chi connectivity index (χ2v) is 4.46. The number of nitrogens with one attached hydrogen (secondary N) is 1. The molecule has 0 amide bonds. The highest BCUT2D eigenvalue weighted by atomic mass is 79.9. The lowest BCUT2D eigenvalue weighted by atomic mass is 10.5. The average molecular weight is 290 g/mol. The zero-order valence-electron chi connectivity index (χ0n) is 7.86. The fourth-order valence-corrected chi connectivity index (χ4v) is 2.14. The maximum absolute atomic E-state index is 11.8. The number of halogens is 1. The molecule has 7 heteroatoms. The SMILES string of the molecule is COCc1[nH]n(-c2nccs2)c(=O)c1Br. The predicted molar refractivity (Wildman–Crippen MR) is 60.5 cm³/mol. The second kappa shape index (κ2) is 4.30. The summed E-state index contributed by atoms with van der Waals surface area (Å²) in [6, 6.07) is 0. The van der Waals surface area contributed by atoms with Crippen LogP contribution in [-0.4, -0.2) is 21.9 Å². The van der Waals surface area contributed by atoms with E-state index >= 15 is 0 Å². The average Bonchev–Trinajstić information content (AvgIpc) is 2.82. The van der Waals surface area contributed by atoms with Gasteiger partial charge in [0.1, 0.15) is 4.47 Å². The van der Waals surface area contributed by atoms with Gasteiger partial charge >= 0.3 is 0 Å². The van der Waals surface area contributed by atoms with E-state index < -0.39 is 0 Å². The normalized spacial score (nSPS) is 10.8. The summed E-state index contributed by atoms with van der Waals surface area (Å²) in [6.07, 6.45) is 1.65. The van der Waals surface area contributed by atoms with Crippen LogP contribution in [0.25, 0.3) is 5.13 Å². The van der Waals surface area contributed by atoms with Crippen LogP contribution in [0.15, 0.2) is 20.8 Å². The molecular weight excluding hydrogens is 282 g/mol. The number of methoxy groups -OCH3 is 1. The van der Waals surface area contributed by atoms with Crippen molar-refractivity contribution in [2.75, 3.05) is 7.11 Å². The van der Waals surface area contributed by atoms with Crippen LogP contribution in [0.5, 0.6) is 0 Å². The van der Waals surface area contributed by atoms with Crippen molar-refractivity contribution in [3.8, 4) is 5.13 Å². The van der Waals surface area contributed by atoms with E-state index in [4.69, 9.17) is 4.74 Å². The van der Waals surface area contributed by atoms with Gasteiger partial charge in [0.15, 0.2) is 0 Å². The van der Waals surface area contributed by atoms with Gasteiger partial charge in [0, 0.05) is 18.7 Å². The molecule has 0 radical (unpaired) electrons. The molecule has 0 bridgehead atoms. The highest BCUT2D eigenvalue weighted by Gasteiger charge is 2.13. The van der Waals surface area contributed by atoms with Crippen LogP contribution in [0, 0.1) is 0 Å². The van der Waals surface area contributed by atoms with E-state index in [1.165, 1.54) is 16.0 Å². The summed E-state index contributed by atoms with van der Waals surface area (Å²) in [5.74, 6) is 0. The van der Waals surface area contributed by atoms with Crippen LogP contribution < -0.4 is 5.56 Å². The molecule has 0 saturated carbocycles. The molecule has 80 valence electrons. The molecule has 2 rings (SSSR count). The maximum atomic E-state index is 11.8. The minimum atomic E-state index is -0.156. The smallest absolute Gasteiger partial charge is 0.287 e. The van der Waals surface area contributed by atoms with Crippen LogP contribution in [0.3, 0.4) is 0 Å². The van der Waals surface area contributed by atoms with E-state index in [0.29, 0.717) is 21.9 Å². The van der Waals surface area contributed by atoms with Crippen molar-refractivity contribution in [1.82, 2.24) is 14.8 Å². The Labute approximate surface area is 97.8 Å². The summed E-state index contributed by atoms with van der Waals surface area (Å²) in [4.78, 5) is 15.8. The topological polar surface area (TPSA) is 59.9 Å². The minimum absolute atomic E-state index is 0.156. The quantitative estimate of drug-likeness (QED) is 0.932. The molecule has 0 atom stereocenters. The molecule has 15 heavy (non-hydrogen) atoms. The van der Waals surface area contributed by atoms with Gasteiger partial charge in [0.05, 0.1) is 12.3 Å². The number of aromatic amines is 1. The van der Waals surface area contributed by atoms with E-state index in [1.54, 1.807) is 13.3 Å². The Morgan fingerprint density at radius 2 is 2.53 bits per heavy atom. The van der Waals surface area contributed by atoms with Crippen molar-refractivity contribution in [1.29, 1.82) is 0 Å². The largest absolute Gasteiger partial charge is 0.378 e. The Kier molecular flexibility index (Phi) is 3.03. The van der Waals surface area contributed by atoms with Crippen molar-refractivity contribution in [3.63, 3.8) is 0 Å². The summed E-state index contributed by atoms with van der Waals surface area (Å²) in [5, 5.41) is 5.36. The van der Waals surface area contributed by atoms with Gasteiger partial charge < -0.3 is 4.74 Å². The fraction of sp³-hybridized carbons (Fsp3) is 0.250. The van der Waals surface area contributed by atoms with Gasteiger partial charge in [-0.25, -0.2) is 4.98 Å². The highest BCUT2D eigenvalue weighted by molar-refractivity contribution is 9.10. The number of hydrogen-bond acceptors (Lipinski definition) is 4. The molecule has 0 aliphatic rings. The number of hydrogen-bond donors (Lipinski definition) is 1. The van der Waals surface area contributed by atoms with Crippen LogP contribution in [0.1, 0.15) is 5.69 Å². The first-order valence-corrected chi connectivity index (χ1v) is 5.79. The van der Waals surface area contributed by atoms with Gasteiger partial charge in [-0.3, -0.25) is 9.89 Å². The van der Waals surface area contributed by atoms with Crippen molar-refractivity contribution in [2.24, 2.45) is 0 Å². The maximum Gasteiger partial charge on any atom is 0.287 e. The van der Waals surface area contributed by atoms with Crippen LogP contribution in [0.4, 0.5) is 0 Å². The number of nitrogens with zero attached hydrogens (tertiary/aromatic N) is 2. The monoisotopic (exact) mass is 289 g/mol. The Balaban J connectivity index is 2.50. The summed E-state index contributed by atoms with van der Waals surface area (Å²) in [7, 11) is 1.57. The van der Waals surface area contributed by atoms with E-state index in [9.17, 15) is 4.79 Å². The number of rotatable bonds is 3. The molecule has 0 fully saturated rings. The molecule has 0 aromatic carbocycles. The standard InChI is InChI=1S/C8H8BrN3O2S/c1-14-4-5-6(9)7(13)12(11-5)8-10-2-3-15-8/h2-3,11H,4H2,1H3. The molecule has 2 aromatic heterocycles. The van der Waals surface area contributed by atoms with Gasteiger partial charge in [0.25, 0.3) is 5.56 Å². The molecule has 2 heterocycles. The second-order valence-electron chi connectivity index (χ2n) is 2.79. The Morgan fingerprint density at radius 3 is 3.13 bits per heavy atom. The molecule has 0 aliphatic heterocycles. The summed E-state index contributed by atoms with van der Waals surface area (Å²) >= 11 is 4.61. The molecule has 5 nitrogen and oxygen atoms in total. The fourth-order valence-electron chi connectivity index (χ4n) is 1.16. The molecule has 0 unspecified atom stereocenters. The predicted octanol–water partition coefficient (Wildman–Crippen LogP) is 1.53. The van der Waals surface area contributed by atoms with E-state index in [-0.39, 0.29) is 5.56 Å². The minimum Gasteiger partial charge on any atom is -0.378 e. The Morgan fingerprint density at radius 1 is 1.73 bits per heavy atom. The van der Waals surface area contributed by atoms with Crippen molar-refractivity contribution in [3.05, 3.63) is 32.1 Å². The van der Waals surface area contributed by atoms with E-state index in [0.717, 1.165) is 0 Å².